The molecular formula is C16H11BrClNO. The molecule has 3 rings (SSSR count). The van der Waals surface area contributed by atoms with Crippen LogP contribution in [-0.2, 0) is 5.33 Å². The van der Waals surface area contributed by atoms with Crippen LogP contribution in [0.1, 0.15) is 5.56 Å². The van der Waals surface area contributed by atoms with Crippen molar-refractivity contribution in [3.63, 3.8) is 0 Å². The second kappa shape index (κ2) is 5.81. The Labute approximate surface area is 130 Å². The lowest BCUT2D eigenvalue weighted by atomic mass is 10.2. The van der Waals surface area contributed by atoms with Gasteiger partial charge in [-0.15, -0.1) is 0 Å². The third kappa shape index (κ3) is 2.65. The van der Waals surface area contributed by atoms with Crippen LogP contribution >= 0.6 is 27.5 Å². The Morgan fingerprint density at radius 1 is 1.10 bits per heavy atom. The Kier molecular flexibility index (Phi) is 3.90. The second-order valence-electron chi connectivity index (χ2n) is 4.31. The average Bonchev–Trinajstić information content (AvgIpc) is 2.47. The molecular weight excluding hydrogens is 338 g/mol. The van der Waals surface area contributed by atoms with Crippen LogP contribution in [0.2, 0.25) is 5.02 Å². The van der Waals surface area contributed by atoms with Gasteiger partial charge in [0.1, 0.15) is 11.5 Å². The number of benzene rings is 2. The third-order valence-electron chi connectivity index (χ3n) is 3.01. The fraction of sp³-hybridized carbons (Fsp3) is 0.0625. The first-order valence-electron chi connectivity index (χ1n) is 6.14. The number of nitrogens with zero attached hydrogens (tertiary/aromatic N) is 1. The topological polar surface area (TPSA) is 22.1 Å². The molecule has 0 saturated carbocycles. The van der Waals surface area contributed by atoms with E-state index in [1.807, 2.05) is 48.5 Å². The molecule has 0 fully saturated rings. The smallest absolute Gasteiger partial charge is 0.132 e. The molecule has 0 aliphatic heterocycles. The standard InChI is InChI=1S/C16H11BrClNO/c17-10-13-14(18)4-1-5-16(13)20-12-7-6-11-3-2-8-19-15(11)9-12/h1-9H,10H2. The van der Waals surface area contributed by atoms with Crippen LogP contribution in [0, 0.1) is 0 Å². The molecule has 0 amide bonds. The monoisotopic (exact) mass is 347 g/mol. The normalized spacial score (nSPS) is 10.7. The zero-order valence-electron chi connectivity index (χ0n) is 10.5. The molecule has 100 valence electrons. The summed E-state index contributed by atoms with van der Waals surface area (Å²) in [5, 5.41) is 2.43. The van der Waals surface area contributed by atoms with E-state index in [1.54, 1.807) is 6.20 Å². The minimum atomic E-state index is 0.647. The SMILES string of the molecule is Clc1cccc(Oc2ccc3cccnc3c2)c1CBr. The minimum Gasteiger partial charge on any atom is -0.457 e. The zero-order chi connectivity index (χ0) is 13.9. The van der Waals surface area contributed by atoms with Crippen molar-refractivity contribution in [3.05, 3.63) is 65.3 Å². The van der Waals surface area contributed by atoms with Crippen molar-refractivity contribution in [1.29, 1.82) is 0 Å². The van der Waals surface area contributed by atoms with Gasteiger partial charge in [0, 0.05) is 33.6 Å². The van der Waals surface area contributed by atoms with Crippen LogP contribution in [0.25, 0.3) is 10.9 Å². The molecule has 0 atom stereocenters. The molecule has 0 bridgehead atoms. The van der Waals surface area contributed by atoms with Crippen LogP contribution in [0.5, 0.6) is 11.5 Å². The van der Waals surface area contributed by atoms with Crippen LogP contribution in [0.4, 0.5) is 0 Å². The van der Waals surface area contributed by atoms with Gasteiger partial charge in [-0.3, -0.25) is 4.98 Å². The third-order valence-corrected chi connectivity index (χ3v) is 3.93. The number of fused-ring (bicyclic) bond motifs is 1. The molecule has 1 heterocycles. The van der Waals surface area contributed by atoms with Gasteiger partial charge in [0.2, 0.25) is 0 Å². The first-order chi connectivity index (χ1) is 9.78. The number of alkyl halides is 1. The number of hydrogen-bond donors (Lipinski definition) is 0. The zero-order valence-corrected chi connectivity index (χ0v) is 12.9. The van der Waals surface area contributed by atoms with Gasteiger partial charge in [-0.05, 0) is 30.3 Å². The summed E-state index contributed by atoms with van der Waals surface area (Å²) in [6.45, 7) is 0. The second-order valence-corrected chi connectivity index (χ2v) is 5.28. The van der Waals surface area contributed by atoms with Crippen molar-refractivity contribution in [1.82, 2.24) is 4.98 Å². The predicted molar refractivity (Wildman–Crippen MR) is 85.9 cm³/mol. The van der Waals surface area contributed by atoms with E-state index in [2.05, 4.69) is 20.9 Å². The highest BCUT2D eigenvalue weighted by Gasteiger charge is 2.08. The van der Waals surface area contributed by atoms with E-state index in [0.717, 1.165) is 28.0 Å². The fourth-order valence-corrected chi connectivity index (χ4v) is 2.97. The molecule has 0 radical (unpaired) electrons. The van der Waals surface area contributed by atoms with Crippen molar-refractivity contribution in [2.45, 2.75) is 5.33 Å². The fourth-order valence-electron chi connectivity index (χ4n) is 2.00. The molecule has 0 unspecified atom stereocenters. The molecule has 0 N–H and O–H groups in total. The summed E-state index contributed by atoms with van der Waals surface area (Å²) in [5.41, 5.74) is 1.85. The summed E-state index contributed by atoms with van der Waals surface area (Å²) < 4.78 is 5.93. The Hall–Kier alpha value is -1.58. The van der Waals surface area contributed by atoms with Gasteiger partial charge in [-0.1, -0.05) is 39.7 Å². The molecule has 2 aromatic carbocycles. The number of halogens is 2. The number of rotatable bonds is 3. The molecule has 0 saturated heterocycles. The van der Waals surface area contributed by atoms with Crippen LogP contribution in [-0.4, -0.2) is 4.98 Å². The minimum absolute atomic E-state index is 0.647. The number of pyridine rings is 1. The van der Waals surface area contributed by atoms with Crippen molar-refractivity contribution < 1.29 is 4.74 Å². The van der Waals surface area contributed by atoms with E-state index in [1.165, 1.54) is 0 Å². The Morgan fingerprint density at radius 2 is 2.00 bits per heavy atom. The largest absolute Gasteiger partial charge is 0.457 e. The summed E-state index contributed by atoms with van der Waals surface area (Å²) in [7, 11) is 0. The van der Waals surface area contributed by atoms with Gasteiger partial charge in [0.25, 0.3) is 0 Å². The molecule has 0 aliphatic carbocycles. The molecule has 1 aromatic heterocycles. The maximum Gasteiger partial charge on any atom is 0.132 e. The predicted octanol–water partition coefficient (Wildman–Crippen LogP) is 5.58. The first-order valence-corrected chi connectivity index (χ1v) is 7.64. The lowest BCUT2D eigenvalue weighted by Gasteiger charge is -2.11. The lowest BCUT2D eigenvalue weighted by Crippen LogP contribution is -1.91. The Morgan fingerprint density at radius 3 is 2.85 bits per heavy atom. The molecule has 3 aromatic rings. The Bertz CT molecular complexity index is 760. The van der Waals surface area contributed by atoms with Crippen molar-refractivity contribution in [2.24, 2.45) is 0 Å². The highest BCUT2D eigenvalue weighted by Crippen LogP contribution is 2.32. The van der Waals surface area contributed by atoms with Crippen LogP contribution in [0.15, 0.2) is 54.7 Å². The number of ether oxygens (including phenoxy) is 1. The molecule has 0 spiro atoms. The highest BCUT2D eigenvalue weighted by molar-refractivity contribution is 9.08. The van der Waals surface area contributed by atoms with E-state index in [0.29, 0.717) is 10.4 Å². The molecule has 2 nitrogen and oxygen atoms in total. The summed E-state index contributed by atoms with van der Waals surface area (Å²) >= 11 is 9.60. The van der Waals surface area contributed by atoms with Crippen molar-refractivity contribution >= 4 is 38.4 Å². The summed E-state index contributed by atoms with van der Waals surface area (Å²) in [5.74, 6) is 1.50. The van der Waals surface area contributed by atoms with Crippen LogP contribution < -0.4 is 4.74 Å². The van der Waals surface area contributed by atoms with Crippen LogP contribution in [0.3, 0.4) is 0 Å². The lowest BCUT2D eigenvalue weighted by molar-refractivity contribution is 0.479. The van der Waals surface area contributed by atoms with E-state index in [9.17, 15) is 0 Å². The molecule has 20 heavy (non-hydrogen) atoms. The van der Waals surface area contributed by atoms with Gasteiger partial charge in [0.15, 0.2) is 0 Å². The average molecular weight is 349 g/mol. The van der Waals surface area contributed by atoms with Gasteiger partial charge in [-0.25, -0.2) is 0 Å². The van der Waals surface area contributed by atoms with E-state index < -0.39 is 0 Å². The van der Waals surface area contributed by atoms with E-state index in [-0.39, 0.29) is 0 Å². The molecule has 0 aliphatic rings. The number of hydrogen-bond acceptors (Lipinski definition) is 2. The van der Waals surface area contributed by atoms with Crippen molar-refractivity contribution in [2.75, 3.05) is 0 Å². The Balaban J connectivity index is 1.99. The van der Waals surface area contributed by atoms with Gasteiger partial charge in [0.05, 0.1) is 5.52 Å². The van der Waals surface area contributed by atoms with E-state index >= 15 is 0 Å². The highest BCUT2D eigenvalue weighted by atomic mass is 79.9. The van der Waals surface area contributed by atoms with Gasteiger partial charge < -0.3 is 4.74 Å². The van der Waals surface area contributed by atoms with E-state index in [4.69, 9.17) is 16.3 Å². The summed E-state index contributed by atoms with van der Waals surface area (Å²) in [6.07, 6.45) is 1.77. The maximum atomic E-state index is 6.17. The van der Waals surface area contributed by atoms with Crippen molar-refractivity contribution in [3.8, 4) is 11.5 Å². The maximum absolute atomic E-state index is 6.17. The summed E-state index contributed by atoms with van der Waals surface area (Å²) in [4.78, 5) is 4.33. The first kappa shape index (κ1) is 13.4. The quantitative estimate of drug-likeness (QED) is 0.577. The number of aromatic nitrogens is 1. The van der Waals surface area contributed by atoms with Gasteiger partial charge >= 0.3 is 0 Å². The van der Waals surface area contributed by atoms with Gasteiger partial charge in [-0.2, -0.15) is 0 Å². The molecule has 4 heteroatoms. The summed E-state index contributed by atoms with van der Waals surface area (Å²) in [6, 6.07) is 15.4.